The van der Waals surface area contributed by atoms with Crippen molar-refractivity contribution in [3.63, 3.8) is 0 Å². The molecule has 5 rings (SSSR count). The first kappa shape index (κ1) is 22.4. The summed E-state index contributed by atoms with van der Waals surface area (Å²) >= 11 is 1.38. The predicted octanol–water partition coefficient (Wildman–Crippen LogP) is 5.15. The number of benzene rings is 2. The van der Waals surface area contributed by atoms with Gasteiger partial charge in [0.15, 0.2) is 5.16 Å². The molecule has 8 heteroatoms. The number of nitrogens with zero attached hydrogens (tertiary/aromatic N) is 5. The minimum Gasteiger partial charge on any atom is -0.371 e. The lowest BCUT2D eigenvalue weighted by molar-refractivity contribution is -0.113. The van der Waals surface area contributed by atoms with Gasteiger partial charge in [-0.05, 0) is 63.4 Å². The van der Waals surface area contributed by atoms with E-state index in [9.17, 15) is 4.79 Å². The van der Waals surface area contributed by atoms with Crippen molar-refractivity contribution in [2.45, 2.75) is 38.3 Å². The second kappa shape index (κ2) is 9.85. The van der Waals surface area contributed by atoms with Gasteiger partial charge in [0.25, 0.3) is 0 Å². The molecule has 1 amide bonds. The number of hydrogen-bond acceptors (Lipinski definition) is 6. The molecular weight excluding hydrogens is 444 g/mol. The highest BCUT2D eigenvalue weighted by molar-refractivity contribution is 7.99. The predicted molar refractivity (Wildman–Crippen MR) is 138 cm³/mol. The average Bonchev–Trinajstić information content (AvgIpc) is 3.24. The molecule has 2 aromatic carbocycles. The second-order valence-corrected chi connectivity index (χ2v) is 9.58. The molecule has 0 saturated carbocycles. The summed E-state index contributed by atoms with van der Waals surface area (Å²) in [4.78, 5) is 19.7. The molecule has 1 N–H and O–H groups in total. The number of carbonyl (C=O) groups excluding carboxylic acids is 1. The van der Waals surface area contributed by atoms with Gasteiger partial charge in [-0.15, -0.1) is 10.2 Å². The van der Waals surface area contributed by atoms with Crippen molar-refractivity contribution in [2.24, 2.45) is 0 Å². The number of fused-ring (bicyclic) bond motifs is 1. The molecule has 1 saturated heterocycles. The maximum absolute atomic E-state index is 12.9. The number of rotatable bonds is 6. The molecular formula is C26H28N6OS. The van der Waals surface area contributed by atoms with Gasteiger partial charge in [-0.2, -0.15) is 0 Å². The highest BCUT2D eigenvalue weighted by Gasteiger charge is 2.17. The minimum atomic E-state index is -0.0861. The SMILES string of the molecule is Cc1ccc(-n2c(C)nnc2SCC(=O)Nc2ccc(N3CCCCC3)c3ccncc23)cc1. The van der Waals surface area contributed by atoms with Gasteiger partial charge in [-0.3, -0.25) is 14.3 Å². The third-order valence-corrected chi connectivity index (χ3v) is 7.11. The number of amides is 1. The molecule has 1 aliphatic rings. The quantitative estimate of drug-likeness (QED) is 0.391. The van der Waals surface area contributed by atoms with E-state index in [0.29, 0.717) is 5.16 Å². The van der Waals surface area contributed by atoms with Crippen LogP contribution in [0.15, 0.2) is 60.0 Å². The van der Waals surface area contributed by atoms with Gasteiger partial charge in [0.1, 0.15) is 5.82 Å². The van der Waals surface area contributed by atoms with Gasteiger partial charge in [-0.25, -0.2) is 0 Å². The Morgan fingerprint density at radius 3 is 2.56 bits per heavy atom. The number of piperidine rings is 1. The molecule has 0 bridgehead atoms. The third kappa shape index (κ3) is 4.63. The minimum absolute atomic E-state index is 0.0861. The summed E-state index contributed by atoms with van der Waals surface area (Å²) in [5, 5.41) is 14.4. The fourth-order valence-electron chi connectivity index (χ4n) is 4.44. The Labute approximate surface area is 203 Å². The molecule has 174 valence electrons. The van der Waals surface area contributed by atoms with Crippen LogP contribution < -0.4 is 10.2 Å². The van der Waals surface area contributed by atoms with Crippen molar-refractivity contribution in [2.75, 3.05) is 29.1 Å². The topological polar surface area (TPSA) is 75.9 Å². The van der Waals surface area contributed by atoms with E-state index < -0.39 is 0 Å². The Balaban J connectivity index is 1.32. The third-order valence-electron chi connectivity index (χ3n) is 6.19. The van der Waals surface area contributed by atoms with Gasteiger partial charge >= 0.3 is 0 Å². The Bertz CT molecular complexity index is 1310. The van der Waals surface area contributed by atoms with Crippen LogP contribution in [-0.2, 0) is 4.79 Å². The van der Waals surface area contributed by atoms with Gasteiger partial charge in [0.05, 0.1) is 11.4 Å². The van der Waals surface area contributed by atoms with Crippen LogP contribution in [0, 0.1) is 13.8 Å². The largest absolute Gasteiger partial charge is 0.371 e. The maximum Gasteiger partial charge on any atom is 0.234 e. The smallest absolute Gasteiger partial charge is 0.234 e. The van der Waals surface area contributed by atoms with Crippen molar-refractivity contribution in [3.05, 3.63) is 66.2 Å². The van der Waals surface area contributed by atoms with Gasteiger partial charge in [0, 0.05) is 47.6 Å². The summed E-state index contributed by atoms with van der Waals surface area (Å²) in [6, 6.07) is 14.3. The summed E-state index contributed by atoms with van der Waals surface area (Å²) in [6.45, 7) is 6.11. The molecule has 4 aromatic rings. The Kier molecular flexibility index (Phi) is 6.49. The number of carbonyl (C=O) groups is 1. The first-order valence-electron chi connectivity index (χ1n) is 11.6. The molecule has 0 aliphatic carbocycles. The van der Waals surface area contributed by atoms with Crippen molar-refractivity contribution < 1.29 is 4.79 Å². The molecule has 0 unspecified atom stereocenters. The molecule has 0 radical (unpaired) electrons. The highest BCUT2D eigenvalue weighted by atomic mass is 32.2. The van der Waals surface area contributed by atoms with E-state index in [0.717, 1.165) is 41.1 Å². The zero-order valence-corrected chi connectivity index (χ0v) is 20.3. The fraction of sp³-hybridized carbons (Fsp3) is 0.308. The van der Waals surface area contributed by atoms with Gasteiger partial charge in [0.2, 0.25) is 5.91 Å². The van der Waals surface area contributed by atoms with Crippen molar-refractivity contribution >= 4 is 39.8 Å². The zero-order chi connectivity index (χ0) is 23.5. The van der Waals surface area contributed by atoms with Crippen LogP contribution in [-0.4, -0.2) is 44.5 Å². The summed E-state index contributed by atoms with van der Waals surface area (Å²) in [5.41, 5.74) is 4.18. The van der Waals surface area contributed by atoms with Crippen molar-refractivity contribution in [1.82, 2.24) is 19.7 Å². The number of thioether (sulfide) groups is 1. The number of nitrogens with one attached hydrogen (secondary N) is 1. The molecule has 0 spiro atoms. The van der Waals surface area contributed by atoms with Crippen LogP contribution in [0.25, 0.3) is 16.5 Å². The molecule has 34 heavy (non-hydrogen) atoms. The van der Waals surface area contributed by atoms with Crippen LogP contribution >= 0.6 is 11.8 Å². The number of pyridine rings is 1. The summed E-state index contributed by atoms with van der Waals surface area (Å²) < 4.78 is 1.98. The standard InChI is InChI=1S/C26H28N6OS/c1-18-6-8-20(9-7-18)32-19(2)29-30-26(32)34-17-25(33)28-23-10-11-24(31-14-4-3-5-15-31)21-12-13-27-16-22(21)23/h6-13,16H,3-5,14-15,17H2,1-2H3,(H,28,33). The highest BCUT2D eigenvalue weighted by Crippen LogP contribution is 2.33. The zero-order valence-electron chi connectivity index (χ0n) is 19.5. The average molecular weight is 473 g/mol. The van der Waals surface area contributed by atoms with E-state index >= 15 is 0 Å². The Morgan fingerprint density at radius 2 is 1.76 bits per heavy atom. The number of anilines is 2. The number of aryl methyl sites for hydroxylation is 2. The van der Waals surface area contributed by atoms with Crippen LogP contribution in [0.1, 0.15) is 30.7 Å². The van der Waals surface area contributed by atoms with Crippen LogP contribution in [0.5, 0.6) is 0 Å². The summed E-state index contributed by atoms with van der Waals surface area (Å²) in [5.74, 6) is 0.939. The van der Waals surface area contributed by atoms with E-state index in [-0.39, 0.29) is 11.7 Å². The first-order valence-corrected chi connectivity index (χ1v) is 12.6. The number of aromatic nitrogens is 4. The van der Waals surface area contributed by atoms with Crippen molar-refractivity contribution in [1.29, 1.82) is 0 Å². The van der Waals surface area contributed by atoms with E-state index in [4.69, 9.17) is 0 Å². The molecule has 2 aromatic heterocycles. The van der Waals surface area contributed by atoms with Crippen LogP contribution in [0.3, 0.4) is 0 Å². The monoisotopic (exact) mass is 472 g/mol. The number of hydrogen-bond donors (Lipinski definition) is 1. The fourth-order valence-corrected chi connectivity index (χ4v) is 5.24. The molecule has 1 fully saturated rings. The second-order valence-electron chi connectivity index (χ2n) is 8.64. The lowest BCUT2D eigenvalue weighted by atomic mass is 10.1. The normalized spacial score (nSPS) is 13.9. The van der Waals surface area contributed by atoms with Crippen LogP contribution in [0.4, 0.5) is 11.4 Å². The Hall–Kier alpha value is -3.39. The first-order chi connectivity index (χ1) is 16.6. The van der Waals surface area contributed by atoms with Crippen LogP contribution in [0.2, 0.25) is 0 Å². The van der Waals surface area contributed by atoms with E-state index in [1.54, 1.807) is 0 Å². The summed E-state index contributed by atoms with van der Waals surface area (Å²) in [6.07, 6.45) is 7.38. The molecule has 7 nitrogen and oxygen atoms in total. The summed E-state index contributed by atoms with van der Waals surface area (Å²) in [7, 11) is 0. The van der Waals surface area contributed by atoms with E-state index in [1.165, 1.54) is 42.3 Å². The van der Waals surface area contributed by atoms with E-state index in [2.05, 4.69) is 50.5 Å². The van der Waals surface area contributed by atoms with E-state index in [1.807, 2.05) is 48.1 Å². The maximum atomic E-state index is 12.9. The molecule has 1 aliphatic heterocycles. The molecule has 3 heterocycles. The molecule has 0 atom stereocenters. The Morgan fingerprint density at radius 1 is 0.971 bits per heavy atom. The van der Waals surface area contributed by atoms with Gasteiger partial charge in [-0.1, -0.05) is 29.5 Å². The van der Waals surface area contributed by atoms with Crippen molar-refractivity contribution in [3.8, 4) is 5.69 Å². The van der Waals surface area contributed by atoms with Gasteiger partial charge < -0.3 is 10.2 Å². The lowest BCUT2D eigenvalue weighted by Gasteiger charge is -2.30. The lowest BCUT2D eigenvalue weighted by Crippen LogP contribution is -2.29.